The SMILES string of the molecule is CC(C)[C@H](C(=O)O)N1C[C@H](CN2CCC(O)(CCCc3cnc4ccccc4c3)CC2)[C@@H](c2ccccc2)C1. The molecule has 6 nitrogen and oxygen atoms in total. The lowest BCUT2D eigenvalue weighted by molar-refractivity contribution is -0.144. The molecule has 1 aromatic heterocycles. The third kappa shape index (κ3) is 6.68. The molecule has 3 heterocycles. The second-order valence-electron chi connectivity index (χ2n) is 12.2. The number of rotatable bonds is 10. The molecule has 2 aliphatic rings. The second-order valence-corrected chi connectivity index (χ2v) is 12.2. The van der Waals surface area contributed by atoms with Crippen molar-refractivity contribution < 1.29 is 15.0 Å². The lowest BCUT2D eigenvalue weighted by Crippen LogP contribution is -2.47. The summed E-state index contributed by atoms with van der Waals surface area (Å²) in [7, 11) is 0. The first-order valence-corrected chi connectivity index (χ1v) is 14.6. The van der Waals surface area contributed by atoms with Crippen molar-refractivity contribution in [3.63, 3.8) is 0 Å². The minimum Gasteiger partial charge on any atom is -0.480 e. The Kier molecular flexibility index (Phi) is 8.65. The average molecular weight is 530 g/mol. The van der Waals surface area contributed by atoms with Crippen LogP contribution in [0.1, 0.15) is 56.6 Å². The number of carboxylic acids is 1. The number of fused-ring (bicyclic) bond motifs is 1. The van der Waals surface area contributed by atoms with E-state index < -0.39 is 17.6 Å². The van der Waals surface area contributed by atoms with Gasteiger partial charge in [0.15, 0.2) is 0 Å². The first-order valence-electron chi connectivity index (χ1n) is 14.6. The van der Waals surface area contributed by atoms with Crippen LogP contribution >= 0.6 is 0 Å². The van der Waals surface area contributed by atoms with E-state index in [2.05, 4.69) is 51.2 Å². The molecule has 6 heteroatoms. The van der Waals surface area contributed by atoms with Gasteiger partial charge in [-0.1, -0.05) is 62.4 Å². The Bertz CT molecular complexity index is 1240. The van der Waals surface area contributed by atoms with Gasteiger partial charge in [-0.15, -0.1) is 0 Å². The van der Waals surface area contributed by atoms with E-state index in [1.807, 2.05) is 44.3 Å². The number of aryl methyl sites for hydroxylation is 1. The fraction of sp³-hybridized carbons (Fsp3) is 0.515. The van der Waals surface area contributed by atoms with Gasteiger partial charge < -0.3 is 15.1 Å². The Morgan fingerprint density at radius 2 is 1.77 bits per heavy atom. The van der Waals surface area contributed by atoms with Crippen molar-refractivity contribution in [2.24, 2.45) is 11.8 Å². The Labute approximate surface area is 232 Å². The number of likely N-dealkylation sites (tertiary alicyclic amines) is 2. The number of nitrogens with zero attached hydrogens (tertiary/aromatic N) is 3. The van der Waals surface area contributed by atoms with Crippen LogP contribution in [0.4, 0.5) is 0 Å². The van der Waals surface area contributed by atoms with Gasteiger partial charge in [-0.3, -0.25) is 14.7 Å². The molecule has 0 aliphatic carbocycles. The van der Waals surface area contributed by atoms with Gasteiger partial charge in [0.05, 0.1) is 11.1 Å². The van der Waals surface area contributed by atoms with E-state index in [4.69, 9.17) is 0 Å². The molecular weight excluding hydrogens is 486 g/mol. The molecule has 5 rings (SSSR count). The molecule has 0 amide bonds. The number of carbonyl (C=O) groups is 1. The smallest absolute Gasteiger partial charge is 0.321 e. The molecule has 2 fully saturated rings. The molecule has 2 N–H and O–H groups in total. The minimum atomic E-state index is -0.722. The largest absolute Gasteiger partial charge is 0.480 e. The van der Waals surface area contributed by atoms with Gasteiger partial charge in [-0.05, 0) is 67.2 Å². The maximum Gasteiger partial charge on any atom is 0.321 e. The fourth-order valence-corrected chi connectivity index (χ4v) is 6.87. The van der Waals surface area contributed by atoms with Gasteiger partial charge in [-0.2, -0.15) is 0 Å². The van der Waals surface area contributed by atoms with Crippen molar-refractivity contribution in [2.75, 3.05) is 32.7 Å². The molecule has 2 saturated heterocycles. The van der Waals surface area contributed by atoms with E-state index >= 15 is 0 Å². The molecule has 3 aromatic rings. The van der Waals surface area contributed by atoms with Crippen molar-refractivity contribution in [2.45, 2.75) is 63.5 Å². The predicted octanol–water partition coefficient (Wildman–Crippen LogP) is 5.21. The first kappa shape index (κ1) is 27.8. The zero-order valence-corrected chi connectivity index (χ0v) is 23.4. The summed E-state index contributed by atoms with van der Waals surface area (Å²) in [5.41, 5.74) is 2.95. The van der Waals surface area contributed by atoms with Crippen molar-refractivity contribution in [1.82, 2.24) is 14.8 Å². The number of benzene rings is 2. The van der Waals surface area contributed by atoms with Crippen LogP contribution in [-0.2, 0) is 11.2 Å². The molecule has 208 valence electrons. The van der Waals surface area contributed by atoms with Gasteiger partial charge in [-0.25, -0.2) is 0 Å². The van der Waals surface area contributed by atoms with E-state index in [1.54, 1.807) is 0 Å². The third-order valence-corrected chi connectivity index (χ3v) is 9.01. The van der Waals surface area contributed by atoms with Crippen molar-refractivity contribution >= 4 is 16.9 Å². The predicted molar refractivity (Wildman–Crippen MR) is 156 cm³/mol. The van der Waals surface area contributed by atoms with Crippen LogP contribution in [0, 0.1) is 11.8 Å². The topological polar surface area (TPSA) is 76.9 Å². The van der Waals surface area contributed by atoms with Gasteiger partial charge in [0.1, 0.15) is 6.04 Å². The fourth-order valence-electron chi connectivity index (χ4n) is 6.87. The Balaban J connectivity index is 1.16. The maximum absolute atomic E-state index is 12.1. The highest BCUT2D eigenvalue weighted by molar-refractivity contribution is 5.78. The summed E-state index contributed by atoms with van der Waals surface area (Å²) in [4.78, 5) is 21.4. The number of hydrogen-bond acceptors (Lipinski definition) is 5. The van der Waals surface area contributed by atoms with E-state index in [0.29, 0.717) is 11.8 Å². The van der Waals surface area contributed by atoms with Crippen molar-refractivity contribution in [3.05, 3.63) is 78.0 Å². The molecular formula is C33H43N3O3. The van der Waals surface area contributed by atoms with Crippen LogP contribution < -0.4 is 0 Å². The number of aliphatic carboxylic acids is 1. The van der Waals surface area contributed by atoms with Crippen LogP contribution in [0.5, 0.6) is 0 Å². The standard InChI is InChI=1S/C33H43N3O3/c1-24(2)31(32(37)38)36-22-28(29(23-36)26-10-4-3-5-11-26)21-35-17-15-33(39,16-18-35)14-8-9-25-19-27-12-6-7-13-30(27)34-20-25/h3-7,10-13,19-20,24,28-29,31,39H,8-9,14-18,21-23H2,1-2H3,(H,37,38)/t28-,29+,31+/m0/s1. The quantitative estimate of drug-likeness (QED) is 0.376. The second kappa shape index (κ2) is 12.2. The zero-order chi connectivity index (χ0) is 27.4. The van der Waals surface area contributed by atoms with Gasteiger partial charge in [0, 0.05) is 50.2 Å². The van der Waals surface area contributed by atoms with Crippen LogP contribution in [0.25, 0.3) is 10.9 Å². The number of para-hydroxylation sites is 1. The molecule has 2 aliphatic heterocycles. The van der Waals surface area contributed by atoms with Gasteiger partial charge >= 0.3 is 5.97 Å². The highest BCUT2D eigenvalue weighted by Crippen LogP contribution is 2.37. The summed E-state index contributed by atoms with van der Waals surface area (Å²) < 4.78 is 0. The Morgan fingerprint density at radius 3 is 2.49 bits per heavy atom. The normalized spacial score (nSPS) is 22.9. The summed E-state index contributed by atoms with van der Waals surface area (Å²) in [6, 6.07) is 20.6. The molecule has 0 bridgehead atoms. The lowest BCUT2D eigenvalue weighted by Gasteiger charge is -2.40. The molecule has 39 heavy (non-hydrogen) atoms. The zero-order valence-electron chi connectivity index (χ0n) is 23.4. The number of pyridine rings is 1. The number of piperidine rings is 1. The van der Waals surface area contributed by atoms with Gasteiger partial charge in [0.2, 0.25) is 0 Å². The lowest BCUT2D eigenvalue weighted by atomic mass is 9.84. The highest BCUT2D eigenvalue weighted by atomic mass is 16.4. The van der Waals surface area contributed by atoms with Crippen molar-refractivity contribution in [3.8, 4) is 0 Å². The average Bonchev–Trinajstić information content (AvgIpc) is 3.33. The van der Waals surface area contributed by atoms with Crippen molar-refractivity contribution in [1.29, 1.82) is 0 Å². The summed E-state index contributed by atoms with van der Waals surface area (Å²) >= 11 is 0. The van der Waals surface area contributed by atoms with Crippen LogP contribution in [-0.4, -0.2) is 75.3 Å². The van der Waals surface area contributed by atoms with Gasteiger partial charge in [0.25, 0.3) is 0 Å². The summed E-state index contributed by atoms with van der Waals surface area (Å²) in [5, 5.41) is 22.5. The molecule has 3 atom stereocenters. The van der Waals surface area contributed by atoms with Crippen LogP contribution in [0.2, 0.25) is 0 Å². The minimum absolute atomic E-state index is 0.0630. The number of hydrogen-bond donors (Lipinski definition) is 2. The Hall–Kier alpha value is -2.80. The van der Waals surface area contributed by atoms with E-state index in [1.165, 1.54) is 16.5 Å². The number of carboxylic acid groups (broad SMARTS) is 1. The van der Waals surface area contributed by atoms with E-state index in [9.17, 15) is 15.0 Å². The number of aromatic nitrogens is 1. The highest BCUT2D eigenvalue weighted by Gasteiger charge is 2.42. The maximum atomic E-state index is 12.1. The number of aliphatic hydroxyl groups is 1. The van der Waals surface area contributed by atoms with E-state index in [-0.39, 0.29) is 5.92 Å². The molecule has 2 aromatic carbocycles. The summed E-state index contributed by atoms with van der Waals surface area (Å²) in [5.74, 6) is 0.0378. The first-order chi connectivity index (χ1) is 18.8. The molecule has 0 spiro atoms. The van der Waals surface area contributed by atoms with Crippen LogP contribution in [0.15, 0.2) is 66.9 Å². The summed E-state index contributed by atoms with van der Waals surface area (Å²) in [6.45, 7) is 8.31. The van der Waals surface area contributed by atoms with E-state index in [0.717, 1.165) is 70.3 Å². The third-order valence-electron chi connectivity index (χ3n) is 9.01. The van der Waals surface area contributed by atoms with Crippen LogP contribution in [0.3, 0.4) is 0 Å². The Morgan fingerprint density at radius 1 is 1.05 bits per heavy atom. The molecule has 0 unspecified atom stereocenters. The summed E-state index contributed by atoms with van der Waals surface area (Å²) in [6.07, 6.45) is 6.25. The molecule has 0 saturated carbocycles. The monoisotopic (exact) mass is 529 g/mol. The molecule has 0 radical (unpaired) electrons.